The summed E-state index contributed by atoms with van der Waals surface area (Å²) in [4.78, 5) is 49.2. The third-order valence-corrected chi connectivity index (χ3v) is 6.56. The third kappa shape index (κ3) is 5.31. The number of piperidine rings is 1. The van der Waals surface area contributed by atoms with Crippen molar-refractivity contribution < 1.29 is 23.5 Å². The van der Waals surface area contributed by atoms with Crippen LogP contribution in [0, 0.1) is 0 Å². The number of amides is 3. The van der Waals surface area contributed by atoms with Gasteiger partial charge in [0.05, 0.1) is 24.9 Å². The summed E-state index contributed by atoms with van der Waals surface area (Å²) in [7, 11) is 0. The fraction of sp³-hybridized carbons (Fsp3) is 0.417. The van der Waals surface area contributed by atoms with Gasteiger partial charge in [0, 0.05) is 51.1 Å². The zero-order valence-electron chi connectivity index (χ0n) is 20.4. The Morgan fingerprint density at radius 3 is 2.59 bits per heavy atom. The molecule has 13 nitrogen and oxygen atoms in total. The summed E-state index contributed by atoms with van der Waals surface area (Å²) < 4.78 is 12.6. The molecule has 2 aliphatic heterocycles. The van der Waals surface area contributed by atoms with Gasteiger partial charge >= 0.3 is 0 Å². The van der Waals surface area contributed by atoms with Crippen LogP contribution in [0.5, 0.6) is 0 Å². The van der Waals surface area contributed by atoms with Gasteiger partial charge in [0.25, 0.3) is 11.8 Å². The number of nitrogens with two attached hydrogens (primary N) is 1. The number of nitrogens with zero attached hydrogens (tertiary/aromatic N) is 6. The number of oxazole rings is 1. The number of hydrogen-bond donors (Lipinski definition) is 2. The molecular weight excluding hydrogens is 480 g/mol. The smallest absolute Gasteiger partial charge is 0.277 e. The number of hydrogen-bond acceptors (Lipinski definition) is 9. The molecule has 2 saturated heterocycles. The zero-order valence-corrected chi connectivity index (χ0v) is 20.4. The number of carbonyl (C=O) groups excluding carboxylic acids is 3. The Morgan fingerprint density at radius 1 is 1.14 bits per heavy atom. The number of anilines is 2. The Balaban J connectivity index is 1.30. The maximum Gasteiger partial charge on any atom is 0.277 e. The second-order valence-corrected chi connectivity index (χ2v) is 8.97. The van der Waals surface area contributed by atoms with Crippen LogP contribution >= 0.6 is 0 Å². The third-order valence-electron chi connectivity index (χ3n) is 6.56. The Hall–Kier alpha value is -4.26. The molecule has 0 aliphatic carbocycles. The average molecular weight is 509 g/mol. The largest absolute Gasteiger partial charge is 0.444 e. The maximum absolute atomic E-state index is 12.9. The predicted octanol–water partition coefficient (Wildman–Crippen LogP) is 1.30. The van der Waals surface area contributed by atoms with Crippen molar-refractivity contribution in [3.05, 3.63) is 42.2 Å². The van der Waals surface area contributed by atoms with E-state index in [9.17, 15) is 14.4 Å². The standard InChI is InChI=1S/C24H28N8O5/c1-15(33)30-6-3-17(4-7-30)32-13-18(21(29-32)22(25)34)27-23(35)19-14-37-24(28-19)16-2-5-26-20(12-16)31-8-10-36-11-9-31/h2,5,12-14,17H,3-4,6-11H2,1H3,(H2,25,34)(H,27,35). The van der Waals surface area contributed by atoms with Crippen LogP contribution < -0.4 is 16.0 Å². The van der Waals surface area contributed by atoms with Gasteiger partial charge in [0.2, 0.25) is 11.8 Å². The zero-order chi connectivity index (χ0) is 25.9. The minimum Gasteiger partial charge on any atom is -0.444 e. The highest BCUT2D eigenvalue weighted by molar-refractivity contribution is 6.07. The van der Waals surface area contributed by atoms with E-state index in [1.807, 2.05) is 6.07 Å². The number of pyridine rings is 1. The van der Waals surface area contributed by atoms with Crippen LogP contribution in [0.2, 0.25) is 0 Å². The molecule has 5 rings (SSSR count). The second-order valence-electron chi connectivity index (χ2n) is 8.97. The van der Waals surface area contributed by atoms with Gasteiger partial charge in [-0.3, -0.25) is 19.1 Å². The summed E-state index contributed by atoms with van der Waals surface area (Å²) in [5.74, 6) is -0.252. The molecule has 0 aromatic carbocycles. The summed E-state index contributed by atoms with van der Waals surface area (Å²) >= 11 is 0. The fourth-order valence-corrected chi connectivity index (χ4v) is 4.51. The highest BCUT2D eigenvalue weighted by Gasteiger charge is 2.26. The van der Waals surface area contributed by atoms with Gasteiger partial charge in [0.1, 0.15) is 12.1 Å². The number of carbonyl (C=O) groups is 3. The lowest BCUT2D eigenvalue weighted by Crippen LogP contribution is -2.37. The van der Waals surface area contributed by atoms with E-state index in [2.05, 4.69) is 25.3 Å². The molecule has 2 fully saturated rings. The highest BCUT2D eigenvalue weighted by atomic mass is 16.5. The van der Waals surface area contributed by atoms with Crippen LogP contribution in [0.25, 0.3) is 11.5 Å². The van der Waals surface area contributed by atoms with E-state index in [1.54, 1.807) is 35.0 Å². The van der Waals surface area contributed by atoms with E-state index in [0.717, 1.165) is 18.9 Å². The lowest BCUT2D eigenvalue weighted by atomic mass is 10.1. The summed E-state index contributed by atoms with van der Waals surface area (Å²) in [6.07, 6.45) is 5.87. The molecule has 194 valence electrons. The number of rotatable bonds is 6. The fourth-order valence-electron chi connectivity index (χ4n) is 4.51. The quantitative estimate of drug-likeness (QED) is 0.500. The van der Waals surface area contributed by atoms with Gasteiger partial charge in [-0.15, -0.1) is 0 Å². The van der Waals surface area contributed by atoms with E-state index in [1.165, 1.54) is 6.26 Å². The molecule has 3 aromatic rings. The molecule has 2 aliphatic rings. The minimum atomic E-state index is -0.761. The summed E-state index contributed by atoms with van der Waals surface area (Å²) in [5.41, 5.74) is 6.38. The molecule has 37 heavy (non-hydrogen) atoms. The second kappa shape index (κ2) is 10.4. The molecule has 0 bridgehead atoms. The Kier molecular flexibility index (Phi) is 6.86. The Bertz CT molecular complexity index is 1300. The molecule has 0 atom stereocenters. The van der Waals surface area contributed by atoms with Crippen molar-refractivity contribution in [2.24, 2.45) is 5.73 Å². The van der Waals surface area contributed by atoms with E-state index in [-0.39, 0.29) is 34.9 Å². The van der Waals surface area contributed by atoms with Gasteiger partial charge in [-0.25, -0.2) is 9.97 Å². The first kappa shape index (κ1) is 24.4. The van der Waals surface area contributed by atoms with Crippen molar-refractivity contribution in [2.75, 3.05) is 49.6 Å². The van der Waals surface area contributed by atoms with Crippen molar-refractivity contribution in [3.8, 4) is 11.5 Å². The van der Waals surface area contributed by atoms with E-state index in [4.69, 9.17) is 14.9 Å². The molecule has 0 saturated carbocycles. The lowest BCUT2D eigenvalue weighted by Gasteiger charge is -2.31. The van der Waals surface area contributed by atoms with Crippen LogP contribution in [-0.4, -0.2) is 81.8 Å². The normalized spacial score (nSPS) is 16.6. The molecular formula is C24H28N8O5. The molecule has 5 heterocycles. The monoisotopic (exact) mass is 508 g/mol. The lowest BCUT2D eigenvalue weighted by molar-refractivity contribution is -0.130. The number of primary amides is 1. The van der Waals surface area contributed by atoms with Crippen molar-refractivity contribution >= 4 is 29.2 Å². The summed E-state index contributed by atoms with van der Waals surface area (Å²) in [6, 6.07) is 3.58. The molecule has 13 heteroatoms. The van der Waals surface area contributed by atoms with Crippen molar-refractivity contribution in [3.63, 3.8) is 0 Å². The summed E-state index contributed by atoms with van der Waals surface area (Å²) in [6.45, 7) is 5.48. The van der Waals surface area contributed by atoms with Gasteiger partial charge in [-0.05, 0) is 25.0 Å². The highest BCUT2D eigenvalue weighted by Crippen LogP contribution is 2.26. The Morgan fingerprint density at radius 2 is 1.89 bits per heavy atom. The Labute approximate surface area is 212 Å². The number of likely N-dealkylation sites (tertiary alicyclic amines) is 1. The van der Waals surface area contributed by atoms with Gasteiger partial charge in [-0.1, -0.05) is 0 Å². The van der Waals surface area contributed by atoms with Crippen LogP contribution in [0.4, 0.5) is 11.5 Å². The number of aromatic nitrogens is 4. The van der Waals surface area contributed by atoms with E-state index < -0.39 is 11.8 Å². The van der Waals surface area contributed by atoms with Crippen molar-refractivity contribution in [1.29, 1.82) is 0 Å². The van der Waals surface area contributed by atoms with Crippen LogP contribution in [0.3, 0.4) is 0 Å². The first-order valence-electron chi connectivity index (χ1n) is 12.1. The van der Waals surface area contributed by atoms with E-state index >= 15 is 0 Å². The van der Waals surface area contributed by atoms with Crippen LogP contribution in [0.15, 0.2) is 35.2 Å². The SMILES string of the molecule is CC(=O)N1CCC(n2cc(NC(=O)c3coc(-c4ccnc(N5CCOCC5)c4)n3)c(C(N)=O)n2)CC1. The van der Waals surface area contributed by atoms with Crippen LogP contribution in [0.1, 0.15) is 46.8 Å². The molecule has 0 unspecified atom stereocenters. The molecule has 3 aromatic heterocycles. The molecule has 3 N–H and O–H groups in total. The number of nitrogens with one attached hydrogen (secondary N) is 1. The topological polar surface area (TPSA) is 162 Å². The maximum atomic E-state index is 12.9. The minimum absolute atomic E-state index is 0.0228. The van der Waals surface area contributed by atoms with Crippen LogP contribution in [-0.2, 0) is 9.53 Å². The van der Waals surface area contributed by atoms with Crippen molar-refractivity contribution in [1.82, 2.24) is 24.6 Å². The number of ether oxygens (including phenoxy) is 1. The summed E-state index contributed by atoms with van der Waals surface area (Å²) in [5, 5.41) is 6.99. The molecule has 0 spiro atoms. The average Bonchev–Trinajstić information content (AvgIpc) is 3.58. The van der Waals surface area contributed by atoms with Gasteiger partial charge in [0.15, 0.2) is 11.4 Å². The first-order chi connectivity index (χ1) is 17.9. The first-order valence-corrected chi connectivity index (χ1v) is 12.1. The molecule has 0 radical (unpaired) electrons. The van der Waals surface area contributed by atoms with Crippen molar-refractivity contribution in [2.45, 2.75) is 25.8 Å². The molecule has 3 amide bonds. The van der Waals surface area contributed by atoms with E-state index in [0.29, 0.717) is 44.7 Å². The van der Waals surface area contributed by atoms with Gasteiger partial charge in [-0.2, -0.15) is 5.10 Å². The number of morpholine rings is 1. The predicted molar refractivity (Wildman–Crippen MR) is 132 cm³/mol. The van der Waals surface area contributed by atoms with Gasteiger partial charge < -0.3 is 30.0 Å².